The summed E-state index contributed by atoms with van der Waals surface area (Å²) in [5.41, 5.74) is 1.52. The van der Waals surface area contributed by atoms with Gasteiger partial charge < -0.3 is 10.1 Å². The third-order valence-corrected chi connectivity index (χ3v) is 4.80. The van der Waals surface area contributed by atoms with Crippen molar-refractivity contribution >= 4 is 35.1 Å². The molecule has 122 valence electrons. The van der Waals surface area contributed by atoms with Crippen molar-refractivity contribution in [2.45, 2.75) is 24.0 Å². The van der Waals surface area contributed by atoms with Crippen LogP contribution in [0.2, 0.25) is 0 Å². The molecule has 0 aromatic heterocycles. The summed E-state index contributed by atoms with van der Waals surface area (Å²) in [7, 11) is 0. The van der Waals surface area contributed by atoms with Crippen molar-refractivity contribution in [3.8, 4) is 5.75 Å². The first kappa shape index (κ1) is 16.3. The number of rotatable bonds is 3. The Morgan fingerprint density at radius 1 is 1.08 bits per heavy atom. The number of benzene rings is 2. The molecule has 1 amide bonds. The van der Waals surface area contributed by atoms with Crippen molar-refractivity contribution in [3.63, 3.8) is 0 Å². The maximum Gasteiger partial charge on any atom is 0.343 e. The minimum Gasteiger partial charge on any atom is -0.423 e. The Balaban J connectivity index is 1.77. The molecule has 0 bridgehead atoms. The number of hydrogen-bond donors (Lipinski definition) is 1. The highest BCUT2D eigenvalue weighted by atomic mass is 32.2. The van der Waals surface area contributed by atoms with Gasteiger partial charge >= 0.3 is 5.97 Å². The fourth-order valence-electron chi connectivity index (χ4n) is 2.26. The fraction of sp³-hybridized carbons (Fsp3) is 0.167. The molecule has 2 aromatic rings. The lowest BCUT2D eigenvalue weighted by atomic mass is 10.1. The number of anilines is 1. The second-order valence-electron chi connectivity index (χ2n) is 5.43. The Bertz CT molecular complexity index is 829. The monoisotopic (exact) mass is 341 g/mol. The lowest BCUT2D eigenvalue weighted by molar-refractivity contribution is -0.115. The average molecular weight is 341 g/mol. The number of Topliss-reactive ketones (excluding diaryl/α,β-unsaturated/α-hetero) is 1. The quantitative estimate of drug-likeness (QED) is 0.525. The number of ketones is 1. The van der Waals surface area contributed by atoms with E-state index in [0.29, 0.717) is 22.6 Å². The molecule has 0 radical (unpaired) electrons. The van der Waals surface area contributed by atoms with Gasteiger partial charge in [-0.25, -0.2) is 4.79 Å². The average Bonchev–Trinajstić information content (AvgIpc) is 2.56. The summed E-state index contributed by atoms with van der Waals surface area (Å²) in [6.07, 6.45) is 0. The molecule has 24 heavy (non-hydrogen) atoms. The van der Waals surface area contributed by atoms with Gasteiger partial charge in [-0.15, -0.1) is 11.8 Å². The second kappa shape index (κ2) is 6.49. The molecule has 0 saturated carbocycles. The predicted octanol–water partition coefficient (Wildman–Crippen LogP) is 3.54. The van der Waals surface area contributed by atoms with Gasteiger partial charge in [-0.05, 0) is 56.3 Å². The summed E-state index contributed by atoms with van der Waals surface area (Å²) in [5.74, 6) is -0.302. The van der Waals surface area contributed by atoms with E-state index in [4.69, 9.17) is 4.74 Å². The van der Waals surface area contributed by atoms with E-state index in [1.807, 2.05) is 6.92 Å². The summed E-state index contributed by atoms with van der Waals surface area (Å²) >= 11 is 1.45. The number of carbonyl (C=O) groups excluding carboxylic acids is 3. The van der Waals surface area contributed by atoms with Crippen LogP contribution in [0.4, 0.5) is 5.69 Å². The molecule has 6 heteroatoms. The Kier molecular flexibility index (Phi) is 4.40. The van der Waals surface area contributed by atoms with Crippen LogP contribution in [-0.2, 0) is 4.79 Å². The van der Waals surface area contributed by atoms with Crippen LogP contribution < -0.4 is 10.1 Å². The van der Waals surface area contributed by atoms with E-state index in [1.165, 1.54) is 18.7 Å². The molecule has 1 unspecified atom stereocenters. The number of hydrogen-bond acceptors (Lipinski definition) is 5. The van der Waals surface area contributed by atoms with E-state index >= 15 is 0 Å². The maximum atomic E-state index is 12.3. The highest BCUT2D eigenvalue weighted by Crippen LogP contribution is 2.36. The largest absolute Gasteiger partial charge is 0.423 e. The van der Waals surface area contributed by atoms with Crippen molar-refractivity contribution in [2.24, 2.45) is 0 Å². The molecular formula is C18H15NO4S. The molecule has 2 aromatic carbocycles. The molecule has 0 spiro atoms. The zero-order valence-electron chi connectivity index (χ0n) is 13.2. The standard InChI is InChI=1S/C18H15NO4S/c1-10(20)12-3-6-14(7-4-12)23-18(22)13-5-8-16-15(9-13)19-17(21)11(2)24-16/h3-9,11H,1-2H3,(H,19,21). The first-order valence-electron chi connectivity index (χ1n) is 7.39. The van der Waals surface area contributed by atoms with Crippen LogP contribution in [0, 0.1) is 0 Å². The zero-order chi connectivity index (χ0) is 17.3. The number of amides is 1. The molecule has 1 heterocycles. The molecule has 1 N–H and O–H groups in total. The topological polar surface area (TPSA) is 72.5 Å². The lowest BCUT2D eigenvalue weighted by Gasteiger charge is -2.21. The van der Waals surface area contributed by atoms with Gasteiger partial charge in [0.2, 0.25) is 5.91 Å². The van der Waals surface area contributed by atoms with Gasteiger partial charge in [-0.1, -0.05) is 0 Å². The Morgan fingerprint density at radius 3 is 2.42 bits per heavy atom. The summed E-state index contributed by atoms with van der Waals surface area (Å²) in [5, 5.41) is 2.63. The number of fused-ring (bicyclic) bond motifs is 1. The lowest BCUT2D eigenvalue weighted by Crippen LogP contribution is -2.26. The van der Waals surface area contributed by atoms with Gasteiger partial charge in [0.05, 0.1) is 16.5 Å². The van der Waals surface area contributed by atoms with Crippen LogP contribution in [0.15, 0.2) is 47.4 Å². The van der Waals surface area contributed by atoms with Gasteiger partial charge in [0.15, 0.2) is 5.78 Å². The smallest absolute Gasteiger partial charge is 0.343 e. The SMILES string of the molecule is CC(=O)c1ccc(OC(=O)c2ccc3c(c2)NC(=O)C(C)S3)cc1. The summed E-state index contributed by atoms with van der Waals surface area (Å²) in [6, 6.07) is 11.4. The fourth-order valence-corrected chi connectivity index (χ4v) is 3.19. The van der Waals surface area contributed by atoms with E-state index in [1.54, 1.807) is 42.5 Å². The van der Waals surface area contributed by atoms with Gasteiger partial charge in [-0.3, -0.25) is 9.59 Å². The van der Waals surface area contributed by atoms with Crippen LogP contribution >= 0.6 is 11.8 Å². The van der Waals surface area contributed by atoms with Crippen LogP contribution in [0.1, 0.15) is 34.6 Å². The Labute approximate surface area is 143 Å². The van der Waals surface area contributed by atoms with Crippen LogP contribution in [-0.4, -0.2) is 22.9 Å². The predicted molar refractivity (Wildman–Crippen MR) is 91.8 cm³/mol. The summed E-state index contributed by atoms with van der Waals surface area (Å²) in [6.45, 7) is 3.30. The third-order valence-electron chi connectivity index (χ3n) is 3.62. The number of esters is 1. The van der Waals surface area contributed by atoms with Gasteiger partial charge in [0.25, 0.3) is 0 Å². The van der Waals surface area contributed by atoms with Gasteiger partial charge in [0, 0.05) is 10.5 Å². The molecule has 0 fully saturated rings. The zero-order valence-corrected chi connectivity index (χ0v) is 14.0. The molecule has 0 aliphatic carbocycles. The normalized spacial score (nSPS) is 16.1. The molecule has 1 aliphatic heterocycles. The Morgan fingerprint density at radius 2 is 1.75 bits per heavy atom. The van der Waals surface area contributed by atoms with E-state index < -0.39 is 5.97 Å². The molecule has 1 atom stereocenters. The highest BCUT2D eigenvalue weighted by molar-refractivity contribution is 8.00. The summed E-state index contributed by atoms with van der Waals surface area (Å²) < 4.78 is 5.30. The van der Waals surface area contributed by atoms with Crippen LogP contribution in [0.5, 0.6) is 5.75 Å². The first-order valence-corrected chi connectivity index (χ1v) is 8.27. The molecule has 5 nitrogen and oxygen atoms in total. The third kappa shape index (κ3) is 3.33. The number of thioether (sulfide) groups is 1. The van der Waals surface area contributed by atoms with Gasteiger partial charge in [0.1, 0.15) is 5.75 Å². The van der Waals surface area contributed by atoms with Crippen molar-refractivity contribution in [2.75, 3.05) is 5.32 Å². The van der Waals surface area contributed by atoms with Crippen LogP contribution in [0.3, 0.4) is 0 Å². The minimum absolute atomic E-state index is 0.0509. The van der Waals surface area contributed by atoms with E-state index in [2.05, 4.69) is 5.32 Å². The molecule has 0 saturated heterocycles. The minimum atomic E-state index is -0.522. The van der Waals surface area contributed by atoms with E-state index in [0.717, 1.165) is 4.90 Å². The molecule has 3 rings (SSSR count). The van der Waals surface area contributed by atoms with E-state index in [9.17, 15) is 14.4 Å². The van der Waals surface area contributed by atoms with E-state index in [-0.39, 0.29) is 16.9 Å². The highest BCUT2D eigenvalue weighted by Gasteiger charge is 2.24. The molecule has 1 aliphatic rings. The first-order chi connectivity index (χ1) is 11.4. The number of carbonyl (C=O) groups is 3. The van der Waals surface area contributed by atoms with Gasteiger partial charge in [-0.2, -0.15) is 0 Å². The number of nitrogens with one attached hydrogen (secondary N) is 1. The summed E-state index contributed by atoms with van der Waals surface area (Å²) in [4.78, 5) is 36.2. The Hall–Kier alpha value is -2.60. The van der Waals surface area contributed by atoms with Crippen molar-refractivity contribution in [1.82, 2.24) is 0 Å². The van der Waals surface area contributed by atoms with Crippen LogP contribution in [0.25, 0.3) is 0 Å². The molecular weight excluding hydrogens is 326 g/mol. The number of ether oxygens (including phenoxy) is 1. The van der Waals surface area contributed by atoms with Crippen molar-refractivity contribution in [3.05, 3.63) is 53.6 Å². The van der Waals surface area contributed by atoms with Crippen molar-refractivity contribution in [1.29, 1.82) is 0 Å². The van der Waals surface area contributed by atoms with Crippen molar-refractivity contribution < 1.29 is 19.1 Å². The second-order valence-corrected chi connectivity index (χ2v) is 6.81. The maximum absolute atomic E-state index is 12.3.